The van der Waals surface area contributed by atoms with Gasteiger partial charge in [0, 0.05) is 40.8 Å². The first-order valence-electron chi connectivity index (χ1n) is 18.8. The molecule has 282 valence electrons. The van der Waals surface area contributed by atoms with Crippen LogP contribution in [-0.4, -0.2) is 75.7 Å². The number of carbonyl (C=O) groups is 4. The predicted molar refractivity (Wildman–Crippen MR) is 200 cm³/mol. The number of aromatic nitrogens is 1. The smallest absolute Gasteiger partial charge is 0.330 e. The summed E-state index contributed by atoms with van der Waals surface area (Å²) in [6.07, 6.45) is 7.50. The van der Waals surface area contributed by atoms with Crippen molar-refractivity contribution in [1.29, 1.82) is 0 Å². The summed E-state index contributed by atoms with van der Waals surface area (Å²) in [6.45, 7) is 7.38. The van der Waals surface area contributed by atoms with Crippen molar-refractivity contribution in [3.8, 4) is 22.8 Å². The fourth-order valence-electron chi connectivity index (χ4n) is 7.85. The number of nitrogens with one attached hydrogen (secondary N) is 1. The lowest BCUT2D eigenvalue weighted by molar-refractivity contribution is -0.159. The third-order valence-electron chi connectivity index (χ3n) is 10.7. The quantitative estimate of drug-likeness (QED) is 0.191. The number of hydrogen-bond acceptors (Lipinski definition) is 8. The first kappa shape index (κ1) is 37.8. The maximum absolute atomic E-state index is 14.7. The molecule has 1 aliphatic carbocycles. The molecule has 3 heterocycles. The summed E-state index contributed by atoms with van der Waals surface area (Å²) in [6, 6.07) is 16.1. The van der Waals surface area contributed by atoms with Crippen LogP contribution in [0, 0.1) is 17.8 Å². The summed E-state index contributed by atoms with van der Waals surface area (Å²) in [5.41, 5.74) is 0.0605. The van der Waals surface area contributed by atoms with Crippen molar-refractivity contribution in [3.05, 3.63) is 66.7 Å². The van der Waals surface area contributed by atoms with Crippen molar-refractivity contribution in [2.75, 3.05) is 13.7 Å². The molecule has 6 atom stereocenters. The molecule has 0 bridgehead atoms. The zero-order valence-electron chi connectivity index (χ0n) is 31.3. The number of allylic oxidation sites excluding steroid dienone is 1. The summed E-state index contributed by atoms with van der Waals surface area (Å²) in [7, 11) is 1.59. The molecule has 1 aromatic heterocycles. The predicted octanol–water partition coefficient (Wildman–Crippen LogP) is 6.72. The van der Waals surface area contributed by atoms with Crippen molar-refractivity contribution in [2.45, 2.75) is 102 Å². The number of methoxy groups -OCH3 is 1. The van der Waals surface area contributed by atoms with E-state index < -0.39 is 53.0 Å². The van der Waals surface area contributed by atoms with Crippen LogP contribution in [0.3, 0.4) is 0 Å². The Morgan fingerprint density at radius 3 is 2.53 bits per heavy atom. The maximum atomic E-state index is 14.7. The van der Waals surface area contributed by atoms with Gasteiger partial charge >= 0.3 is 11.9 Å². The van der Waals surface area contributed by atoms with E-state index in [9.17, 15) is 24.3 Å². The summed E-state index contributed by atoms with van der Waals surface area (Å²) in [5, 5.41) is 14.0. The first-order chi connectivity index (χ1) is 25.3. The van der Waals surface area contributed by atoms with Gasteiger partial charge in [0.1, 0.15) is 34.8 Å². The number of benzene rings is 2. The van der Waals surface area contributed by atoms with E-state index in [1.165, 1.54) is 4.90 Å². The normalized spacial score (nSPS) is 26.4. The molecule has 11 nitrogen and oxygen atoms in total. The molecule has 3 aromatic rings. The molecule has 2 N–H and O–H groups in total. The third-order valence-corrected chi connectivity index (χ3v) is 10.7. The first-order valence-corrected chi connectivity index (χ1v) is 18.8. The number of hydrogen-bond donors (Lipinski definition) is 2. The van der Waals surface area contributed by atoms with E-state index in [2.05, 4.69) is 5.32 Å². The molecule has 1 saturated carbocycles. The summed E-state index contributed by atoms with van der Waals surface area (Å²) in [5.74, 6) is -2.83. The van der Waals surface area contributed by atoms with Gasteiger partial charge in [0.25, 0.3) is 0 Å². The Kier molecular flexibility index (Phi) is 11.1. The van der Waals surface area contributed by atoms with E-state index >= 15 is 0 Å². The van der Waals surface area contributed by atoms with Gasteiger partial charge in [-0.2, -0.15) is 0 Å². The highest BCUT2D eigenvalue weighted by Gasteiger charge is 2.62. The number of pyridine rings is 1. The lowest BCUT2D eigenvalue weighted by atomic mass is 9.92. The lowest BCUT2D eigenvalue weighted by Gasteiger charge is -2.31. The van der Waals surface area contributed by atoms with Crippen LogP contribution in [0.25, 0.3) is 22.2 Å². The Morgan fingerprint density at radius 1 is 1.06 bits per heavy atom. The van der Waals surface area contributed by atoms with Crippen molar-refractivity contribution < 1.29 is 38.5 Å². The zero-order chi connectivity index (χ0) is 37.9. The fraction of sp³-hybridized carbons (Fsp3) is 0.500. The molecule has 0 radical (unpaired) electrons. The second kappa shape index (κ2) is 15.6. The summed E-state index contributed by atoms with van der Waals surface area (Å²) >= 11 is 0. The SMILES string of the molecule is CCC1[C@@H](Oc2cc(-c3ccccc3)nc3cc(OC)ccc23)CN2C(=O)[C@@H](CC(=O)OC(C)(C)C)CCCCCC=C[C@H]3C[C@]3(C(=O)O)NC(=O)[C@H]12. The molecule has 0 spiro atoms. The highest BCUT2D eigenvalue weighted by molar-refractivity contribution is 5.96. The standard InChI is InChI=1S/C42H51N3O8/c1-6-30-35(52-34-23-32(26-15-12-10-13-16-26)43-33-22-29(51-5)19-20-31(33)34)25-45-37(30)38(47)44-42(40(49)50)24-28(42)18-14-9-7-8-11-17-27(39(45)48)21-36(46)53-41(2,3)4/h10,12-16,18-20,22-23,27-28,30,35,37H,6-9,11,17,21,24-25H2,1-5H3,(H,44,47)(H,49,50)/t27-,28+,30?,35+,37+,42+/m1/s1. The van der Waals surface area contributed by atoms with Crippen molar-refractivity contribution in [1.82, 2.24) is 15.2 Å². The number of esters is 1. The van der Waals surface area contributed by atoms with Gasteiger partial charge < -0.3 is 29.5 Å². The van der Waals surface area contributed by atoms with E-state index in [-0.39, 0.29) is 31.2 Å². The fourth-order valence-corrected chi connectivity index (χ4v) is 7.85. The molecular weight excluding hydrogens is 674 g/mol. The van der Waals surface area contributed by atoms with E-state index in [1.54, 1.807) is 27.9 Å². The molecule has 2 aliphatic heterocycles. The Morgan fingerprint density at radius 2 is 1.83 bits per heavy atom. The average Bonchev–Trinajstić information content (AvgIpc) is 3.70. The Labute approximate surface area is 311 Å². The molecule has 1 saturated heterocycles. The van der Waals surface area contributed by atoms with Crippen LogP contribution < -0.4 is 14.8 Å². The molecular formula is C42H51N3O8. The zero-order valence-corrected chi connectivity index (χ0v) is 31.3. The number of fused-ring (bicyclic) bond motifs is 3. The van der Waals surface area contributed by atoms with Gasteiger partial charge in [0.2, 0.25) is 11.8 Å². The highest BCUT2D eigenvalue weighted by atomic mass is 16.6. The second-order valence-electron chi connectivity index (χ2n) is 15.5. The molecule has 11 heteroatoms. The van der Waals surface area contributed by atoms with Crippen LogP contribution in [0.4, 0.5) is 0 Å². The molecule has 53 heavy (non-hydrogen) atoms. The Balaban J connectivity index is 1.40. The number of carboxylic acids is 1. The Hall–Kier alpha value is -4.93. The van der Waals surface area contributed by atoms with Crippen LogP contribution in [0.5, 0.6) is 11.5 Å². The van der Waals surface area contributed by atoms with Crippen LogP contribution in [0.1, 0.15) is 79.1 Å². The molecule has 6 rings (SSSR count). The number of amides is 2. The van der Waals surface area contributed by atoms with Gasteiger partial charge in [-0.1, -0.05) is 62.2 Å². The van der Waals surface area contributed by atoms with Gasteiger partial charge in [-0.25, -0.2) is 9.78 Å². The van der Waals surface area contributed by atoms with E-state index in [1.807, 2.05) is 73.7 Å². The number of aliphatic carboxylic acids is 1. The van der Waals surface area contributed by atoms with Crippen molar-refractivity contribution in [2.24, 2.45) is 17.8 Å². The van der Waals surface area contributed by atoms with Crippen LogP contribution in [0.2, 0.25) is 0 Å². The second-order valence-corrected chi connectivity index (χ2v) is 15.5. The van der Waals surface area contributed by atoms with Crippen molar-refractivity contribution in [3.63, 3.8) is 0 Å². The minimum Gasteiger partial charge on any atom is -0.497 e. The molecule has 2 fully saturated rings. The van der Waals surface area contributed by atoms with Crippen LogP contribution in [-0.2, 0) is 23.9 Å². The largest absolute Gasteiger partial charge is 0.497 e. The van der Waals surface area contributed by atoms with Gasteiger partial charge in [-0.3, -0.25) is 14.4 Å². The third kappa shape index (κ3) is 8.34. The number of carbonyl (C=O) groups excluding carboxylic acids is 3. The highest BCUT2D eigenvalue weighted by Crippen LogP contribution is 2.46. The maximum Gasteiger partial charge on any atom is 0.330 e. The molecule has 2 aromatic carbocycles. The molecule has 2 amide bonds. The van der Waals surface area contributed by atoms with E-state index in [0.717, 1.165) is 30.2 Å². The van der Waals surface area contributed by atoms with E-state index in [4.69, 9.17) is 19.2 Å². The van der Waals surface area contributed by atoms with Crippen LogP contribution in [0.15, 0.2) is 66.7 Å². The van der Waals surface area contributed by atoms with Gasteiger partial charge in [0.15, 0.2) is 0 Å². The Bertz CT molecular complexity index is 1870. The summed E-state index contributed by atoms with van der Waals surface area (Å²) < 4.78 is 18.0. The van der Waals surface area contributed by atoms with Crippen LogP contribution >= 0.6 is 0 Å². The topological polar surface area (TPSA) is 144 Å². The lowest BCUT2D eigenvalue weighted by Crippen LogP contribution is -2.55. The van der Waals surface area contributed by atoms with Gasteiger partial charge in [-0.05, 0) is 65.0 Å². The number of nitrogens with zero attached hydrogens (tertiary/aromatic N) is 2. The number of rotatable bonds is 8. The van der Waals surface area contributed by atoms with Gasteiger partial charge in [-0.15, -0.1) is 0 Å². The monoisotopic (exact) mass is 725 g/mol. The van der Waals surface area contributed by atoms with Crippen molar-refractivity contribution >= 4 is 34.7 Å². The van der Waals surface area contributed by atoms with Gasteiger partial charge in [0.05, 0.1) is 31.3 Å². The minimum atomic E-state index is -1.44. The summed E-state index contributed by atoms with van der Waals surface area (Å²) in [4.78, 5) is 61.5. The van der Waals surface area contributed by atoms with E-state index in [0.29, 0.717) is 42.0 Å². The minimum absolute atomic E-state index is 0.0737. The average molecular weight is 726 g/mol. The number of ether oxygens (including phenoxy) is 3. The molecule has 3 aliphatic rings. The number of carboxylic acid groups (broad SMARTS) is 1. The molecule has 1 unspecified atom stereocenters.